The molecule has 0 heterocycles. The molecule has 16 heavy (non-hydrogen) atoms. The van der Waals surface area contributed by atoms with Gasteiger partial charge in [0.15, 0.2) is 5.56 Å². The Bertz CT molecular complexity index is 546. The van der Waals surface area contributed by atoms with Crippen LogP contribution in [0.2, 0.25) is 0 Å². The van der Waals surface area contributed by atoms with E-state index in [1.165, 1.54) is 16.7 Å². The molecule has 0 aromatic heterocycles. The molecule has 0 aliphatic heterocycles. The van der Waals surface area contributed by atoms with Crippen molar-refractivity contribution in [2.75, 3.05) is 0 Å². The number of fused-ring (bicyclic) bond motifs is 3. The summed E-state index contributed by atoms with van der Waals surface area (Å²) in [6.45, 7) is 0. The monoisotopic (exact) mass is 230 g/mol. The molecule has 1 aliphatic rings. The molecule has 0 fully saturated rings. The van der Waals surface area contributed by atoms with Crippen LogP contribution in [0.15, 0.2) is 42.5 Å². The van der Waals surface area contributed by atoms with Crippen molar-refractivity contribution in [2.24, 2.45) is 0 Å². The molecule has 1 atom stereocenters. The van der Waals surface area contributed by atoms with Crippen LogP contribution in [-0.4, -0.2) is 5.11 Å². The molecule has 1 aliphatic carbocycles. The smallest absolute Gasteiger partial charge is 0.154 e. The van der Waals surface area contributed by atoms with Crippen LogP contribution in [-0.2, 0) is 6.42 Å². The largest absolute Gasteiger partial charge is 0.373 e. The summed E-state index contributed by atoms with van der Waals surface area (Å²) >= 11 is 5.81. The van der Waals surface area contributed by atoms with Gasteiger partial charge >= 0.3 is 0 Å². The fraction of sp³-hybridized carbons (Fsp3) is 0.143. The minimum absolute atomic E-state index is 0.809. The molecule has 3 rings (SSSR count). The molecule has 0 radical (unpaired) electrons. The second-order valence-electron chi connectivity index (χ2n) is 4.05. The summed E-state index contributed by atoms with van der Waals surface area (Å²) in [5.74, 6) is 0. The first-order valence-electron chi connectivity index (χ1n) is 5.29. The summed E-state index contributed by atoms with van der Waals surface area (Å²) in [5.41, 5.74) is 4.75. The van der Waals surface area contributed by atoms with Gasteiger partial charge in [-0.25, -0.2) is 0 Å². The second-order valence-corrected chi connectivity index (χ2v) is 4.46. The fourth-order valence-corrected chi connectivity index (χ4v) is 2.60. The third-order valence-electron chi connectivity index (χ3n) is 3.11. The van der Waals surface area contributed by atoms with E-state index >= 15 is 0 Å². The summed E-state index contributed by atoms with van der Waals surface area (Å²) in [4.78, 5) is 0. The van der Waals surface area contributed by atoms with Gasteiger partial charge in [0.1, 0.15) is 0 Å². The average Bonchev–Trinajstić information content (AvgIpc) is 2.66. The Morgan fingerprint density at radius 3 is 2.56 bits per heavy atom. The Kier molecular flexibility index (Phi) is 2.23. The maximum Gasteiger partial charge on any atom is 0.154 e. The normalized spacial score (nSPS) is 14.4. The van der Waals surface area contributed by atoms with Gasteiger partial charge in [0.05, 0.1) is 0 Å². The Morgan fingerprint density at radius 2 is 1.75 bits per heavy atom. The summed E-state index contributed by atoms with van der Waals surface area (Å²) in [7, 11) is 0. The highest BCUT2D eigenvalue weighted by molar-refractivity contribution is 6.20. The molecule has 1 N–H and O–H groups in total. The van der Waals surface area contributed by atoms with E-state index in [2.05, 4.69) is 18.2 Å². The van der Waals surface area contributed by atoms with Gasteiger partial charge in [-0.05, 0) is 28.7 Å². The van der Waals surface area contributed by atoms with Gasteiger partial charge in [0.2, 0.25) is 0 Å². The first-order valence-corrected chi connectivity index (χ1v) is 5.73. The zero-order chi connectivity index (χ0) is 11.1. The number of hydrogen-bond donors (Lipinski definition) is 1. The molecule has 0 saturated heterocycles. The van der Waals surface area contributed by atoms with Crippen molar-refractivity contribution in [3.63, 3.8) is 0 Å². The van der Waals surface area contributed by atoms with Crippen LogP contribution in [0.3, 0.4) is 0 Å². The summed E-state index contributed by atoms with van der Waals surface area (Å²) < 4.78 is 0. The van der Waals surface area contributed by atoms with Gasteiger partial charge in [0.25, 0.3) is 0 Å². The predicted octanol–water partition coefficient (Wildman–Crippen LogP) is 3.49. The lowest BCUT2D eigenvalue weighted by atomic mass is 10.00. The molecule has 0 saturated carbocycles. The Hall–Kier alpha value is -1.31. The van der Waals surface area contributed by atoms with Crippen molar-refractivity contribution in [1.82, 2.24) is 0 Å². The van der Waals surface area contributed by atoms with E-state index in [1.807, 2.05) is 24.3 Å². The molecule has 2 heteroatoms. The Balaban J connectivity index is 2.29. The quantitative estimate of drug-likeness (QED) is 0.635. The maximum absolute atomic E-state index is 9.58. The van der Waals surface area contributed by atoms with Crippen molar-refractivity contribution in [3.05, 3.63) is 59.2 Å². The second kappa shape index (κ2) is 3.62. The van der Waals surface area contributed by atoms with Gasteiger partial charge in [-0.15, -0.1) is 0 Å². The van der Waals surface area contributed by atoms with E-state index < -0.39 is 5.56 Å². The molecule has 1 nitrogen and oxygen atoms in total. The van der Waals surface area contributed by atoms with Gasteiger partial charge in [-0.3, -0.25) is 0 Å². The summed E-state index contributed by atoms with van der Waals surface area (Å²) in [6, 6.07) is 14.2. The number of aliphatic hydroxyl groups excluding tert-OH is 1. The minimum atomic E-state index is -0.930. The SMILES string of the molecule is OC(Cl)c1cccc2c1-c1ccccc1C2. The van der Waals surface area contributed by atoms with Gasteiger partial charge in [-0.2, -0.15) is 0 Å². The van der Waals surface area contributed by atoms with Gasteiger partial charge in [0, 0.05) is 5.56 Å². The van der Waals surface area contributed by atoms with Crippen molar-refractivity contribution in [2.45, 2.75) is 12.0 Å². The number of benzene rings is 2. The summed E-state index contributed by atoms with van der Waals surface area (Å²) in [6.07, 6.45) is 0.933. The van der Waals surface area contributed by atoms with Gasteiger partial charge < -0.3 is 5.11 Å². The van der Waals surface area contributed by atoms with Crippen LogP contribution in [0.25, 0.3) is 11.1 Å². The van der Waals surface area contributed by atoms with Crippen molar-refractivity contribution in [1.29, 1.82) is 0 Å². The average molecular weight is 231 g/mol. The highest BCUT2D eigenvalue weighted by atomic mass is 35.5. The molecule has 0 bridgehead atoms. The Labute approximate surface area is 99.3 Å². The van der Waals surface area contributed by atoms with Crippen LogP contribution in [0.1, 0.15) is 22.3 Å². The maximum atomic E-state index is 9.58. The number of alkyl halides is 1. The number of rotatable bonds is 1. The predicted molar refractivity (Wildman–Crippen MR) is 65.5 cm³/mol. The van der Waals surface area contributed by atoms with E-state index in [0.717, 1.165) is 17.5 Å². The van der Waals surface area contributed by atoms with E-state index in [-0.39, 0.29) is 0 Å². The molecular formula is C14H11ClO. The highest BCUT2D eigenvalue weighted by Crippen LogP contribution is 2.41. The lowest BCUT2D eigenvalue weighted by molar-refractivity contribution is 0.263. The first-order chi connectivity index (χ1) is 7.77. The molecule has 80 valence electrons. The van der Waals surface area contributed by atoms with Crippen LogP contribution in [0.5, 0.6) is 0 Å². The van der Waals surface area contributed by atoms with E-state index in [4.69, 9.17) is 11.6 Å². The fourth-order valence-electron chi connectivity index (χ4n) is 2.42. The lowest BCUT2D eigenvalue weighted by Crippen LogP contribution is -1.92. The zero-order valence-corrected chi connectivity index (χ0v) is 9.41. The summed E-state index contributed by atoms with van der Waals surface area (Å²) in [5, 5.41) is 9.58. The highest BCUT2D eigenvalue weighted by Gasteiger charge is 2.22. The first kappa shape index (κ1) is 9.88. The van der Waals surface area contributed by atoms with Crippen LogP contribution in [0, 0.1) is 0 Å². The third kappa shape index (κ3) is 1.36. The topological polar surface area (TPSA) is 20.2 Å². The number of aliphatic hydroxyl groups is 1. The lowest BCUT2D eigenvalue weighted by Gasteiger charge is -2.10. The molecule has 0 amide bonds. The van der Waals surface area contributed by atoms with Crippen LogP contribution < -0.4 is 0 Å². The van der Waals surface area contributed by atoms with Crippen molar-refractivity contribution in [3.8, 4) is 11.1 Å². The minimum Gasteiger partial charge on any atom is -0.373 e. The molecule has 1 unspecified atom stereocenters. The van der Waals surface area contributed by atoms with Crippen LogP contribution in [0.4, 0.5) is 0 Å². The molecule has 0 spiro atoms. The van der Waals surface area contributed by atoms with Crippen molar-refractivity contribution < 1.29 is 5.11 Å². The van der Waals surface area contributed by atoms with Gasteiger partial charge in [-0.1, -0.05) is 54.1 Å². The zero-order valence-electron chi connectivity index (χ0n) is 8.65. The molecule has 2 aromatic rings. The number of hydrogen-bond acceptors (Lipinski definition) is 1. The van der Waals surface area contributed by atoms with E-state index in [9.17, 15) is 5.11 Å². The molecular weight excluding hydrogens is 220 g/mol. The van der Waals surface area contributed by atoms with Crippen LogP contribution >= 0.6 is 11.6 Å². The van der Waals surface area contributed by atoms with Crippen molar-refractivity contribution >= 4 is 11.6 Å². The Morgan fingerprint density at radius 1 is 1.00 bits per heavy atom. The molecule has 2 aromatic carbocycles. The third-order valence-corrected chi connectivity index (χ3v) is 3.34. The van der Waals surface area contributed by atoms with E-state index in [0.29, 0.717) is 0 Å². The standard InChI is InChI=1S/C14H11ClO/c15-14(16)12-7-3-5-10-8-9-4-1-2-6-11(9)13(10)12/h1-7,14,16H,8H2. The number of halogens is 1. The van der Waals surface area contributed by atoms with E-state index in [1.54, 1.807) is 0 Å².